The molecule has 1 amide bonds. The van der Waals surface area contributed by atoms with E-state index in [1.807, 2.05) is 48.5 Å². The summed E-state index contributed by atoms with van der Waals surface area (Å²) in [6.45, 7) is 10.2. The Morgan fingerprint density at radius 3 is 1.96 bits per heavy atom. The highest BCUT2D eigenvalue weighted by atomic mass is 16.5. The first-order valence-electron chi connectivity index (χ1n) is 9.92. The average molecular weight is 385 g/mol. The molecule has 5 nitrogen and oxygen atoms in total. The van der Waals surface area contributed by atoms with Crippen LogP contribution in [0, 0.1) is 11.8 Å². The molecule has 152 valence electrons. The monoisotopic (exact) mass is 384 g/mol. The van der Waals surface area contributed by atoms with Crippen LogP contribution in [0.2, 0.25) is 0 Å². The molecule has 0 heterocycles. The van der Waals surface area contributed by atoms with Gasteiger partial charge in [0.15, 0.2) is 0 Å². The van der Waals surface area contributed by atoms with Gasteiger partial charge in [0.05, 0.1) is 19.8 Å². The minimum absolute atomic E-state index is 0.103. The average Bonchev–Trinajstić information content (AvgIpc) is 2.66. The third kappa shape index (κ3) is 8.33. The Balaban J connectivity index is 1.73. The fourth-order valence-corrected chi connectivity index (χ4v) is 2.37. The minimum Gasteiger partial charge on any atom is -0.494 e. The van der Waals surface area contributed by atoms with Gasteiger partial charge in [0.1, 0.15) is 11.5 Å². The SMILES string of the molecule is CC(C)CCOc1ccc(NC(=O)CNc2ccc(OCC(C)C)cc2)cc1. The molecule has 0 saturated carbocycles. The van der Waals surface area contributed by atoms with Crippen LogP contribution in [0.25, 0.3) is 0 Å². The normalized spacial score (nSPS) is 10.8. The van der Waals surface area contributed by atoms with Crippen LogP contribution >= 0.6 is 0 Å². The fraction of sp³-hybridized carbons (Fsp3) is 0.435. The van der Waals surface area contributed by atoms with E-state index in [0.717, 1.165) is 29.3 Å². The zero-order valence-corrected chi connectivity index (χ0v) is 17.3. The standard InChI is InChI=1S/C23H32N2O3/c1-17(2)13-14-27-21-11-7-20(8-12-21)25-23(26)15-24-19-5-9-22(10-6-19)28-16-18(3)4/h5-12,17-18,24H,13-16H2,1-4H3,(H,25,26). The second kappa shape index (κ2) is 11.2. The lowest BCUT2D eigenvalue weighted by Gasteiger charge is -2.11. The second-order valence-electron chi connectivity index (χ2n) is 7.69. The van der Waals surface area contributed by atoms with Crippen molar-refractivity contribution in [2.75, 3.05) is 30.4 Å². The lowest BCUT2D eigenvalue weighted by Crippen LogP contribution is -2.21. The van der Waals surface area contributed by atoms with Gasteiger partial charge < -0.3 is 20.1 Å². The number of hydrogen-bond acceptors (Lipinski definition) is 4. The van der Waals surface area contributed by atoms with E-state index < -0.39 is 0 Å². The zero-order chi connectivity index (χ0) is 20.4. The lowest BCUT2D eigenvalue weighted by atomic mass is 10.1. The van der Waals surface area contributed by atoms with Gasteiger partial charge in [-0.2, -0.15) is 0 Å². The molecule has 0 bridgehead atoms. The Labute approximate surface area is 168 Å². The van der Waals surface area contributed by atoms with Gasteiger partial charge in [-0.15, -0.1) is 0 Å². The van der Waals surface area contributed by atoms with Crippen molar-refractivity contribution in [3.8, 4) is 11.5 Å². The van der Waals surface area contributed by atoms with Crippen molar-refractivity contribution in [2.45, 2.75) is 34.1 Å². The maximum Gasteiger partial charge on any atom is 0.243 e. The Kier molecular flexibility index (Phi) is 8.66. The molecule has 0 aliphatic heterocycles. The maximum atomic E-state index is 12.1. The second-order valence-corrected chi connectivity index (χ2v) is 7.69. The third-order valence-corrected chi connectivity index (χ3v) is 3.99. The van der Waals surface area contributed by atoms with Gasteiger partial charge in [-0.25, -0.2) is 0 Å². The third-order valence-electron chi connectivity index (χ3n) is 3.99. The van der Waals surface area contributed by atoms with Crippen LogP contribution in [0.1, 0.15) is 34.1 Å². The molecule has 2 N–H and O–H groups in total. The number of hydrogen-bond donors (Lipinski definition) is 2. The van der Waals surface area contributed by atoms with E-state index in [9.17, 15) is 4.79 Å². The van der Waals surface area contributed by atoms with Crippen LogP contribution in [0.15, 0.2) is 48.5 Å². The van der Waals surface area contributed by atoms with Crippen molar-refractivity contribution < 1.29 is 14.3 Å². The molecule has 28 heavy (non-hydrogen) atoms. The summed E-state index contributed by atoms with van der Waals surface area (Å²) >= 11 is 0. The van der Waals surface area contributed by atoms with Gasteiger partial charge in [-0.1, -0.05) is 27.7 Å². The zero-order valence-electron chi connectivity index (χ0n) is 17.3. The van der Waals surface area contributed by atoms with Gasteiger partial charge in [-0.3, -0.25) is 4.79 Å². The van der Waals surface area contributed by atoms with E-state index >= 15 is 0 Å². The van der Waals surface area contributed by atoms with E-state index in [1.54, 1.807) is 0 Å². The van der Waals surface area contributed by atoms with E-state index in [0.29, 0.717) is 25.0 Å². The number of amides is 1. The number of anilines is 2. The predicted octanol–water partition coefficient (Wildman–Crippen LogP) is 5.20. The summed E-state index contributed by atoms with van der Waals surface area (Å²) in [6.07, 6.45) is 1.02. The van der Waals surface area contributed by atoms with E-state index in [-0.39, 0.29) is 12.5 Å². The van der Waals surface area contributed by atoms with E-state index in [2.05, 4.69) is 38.3 Å². The van der Waals surface area contributed by atoms with Crippen molar-refractivity contribution in [1.82, 2.24) is 0 Å². The molecule has 2 aromatic carbocycles. The number of nitrogens with one attached hydrogen (secondary N) is 2. The topological polar surface area (TPSA) is 59.6 Å². The van der Waals surface area contributed by atoms with Gasteiger partial charge in [0.25, 0.3) is 0 Å². The highest BCUT2D eigenvalue weighted by molar-refractivity contribution is 5.93. The molecule has 0 aliphatic rings. The molecule has 2 rings (SSSR count). The van der Waals surface area contributed by atoms with Crippen molar-refractivity contribution >= 4 is 17.3 Å². The summed E-state index contributed by atoms with van der Waals surface area (Å²) in [5.41, 5.74) is 1.63. The Morgan fingerprint density at radius 2 is 1.39 bits per heavy atom. The molecule has 0 radical (unpaired) electrons. The summed E-state index contributed by atoms with van der Waals surface area (Å²) < 4.78 is 11.3. The van der Waals surface area contributed by atoms with Gasteiger partial charge in [0.2, 0.25) is 5.91 Å². The smallest absolute Gasteiger partial charge is 0.243 e. The predicted molar refractivity (Wildman–Crippen MR) is 115 cm³/mol. The van der Waals surface area contributed by atoms with Crippen molar-refractivity contribution in [1.29, 1.82) is 0 Å². The summed E-state index contributed by atoms with van der Waals surface area (Å²) in [4.78, 5) is 12.1. The van der Waals surface area contributed by atoms with Crippen LogP contribution in [0.3, 0.4) is 0 Å². The maximum absolute atomic E-state index is 12.1. The first-order chi connectivity index (χ1) is 13.4. The molecule has 5 heteroatoms. The summed E-state index contributed by atoms with van der Waals surface area (Å²) in [7, 11) is 0. The molecule has 0 aromatic heterocycles. The highest BCUT2D eigenvalue weighted by Gasteiger charge is 2.04. The lowest BCUT2D eigenvalue weighted by molar-refractivity contribution is -0.114. The molecular formula is C23H32N2O3. The molecular weight excluding hydrogens is 352 g/mol. The summed E-state index contributed by atoms with van der Waals surface area (Å²) in [5, 5.41) is 5.99. The molecule has 0 fully saturated rings. The van der Waals surface area contributed by atoms with Gasteiger partial charge in [-0.05, 0) is 66.8 Å². The van der Waals surface area contributed by atoms with E-state index in [4.69, 9.17) is 9.47 Å². The summed E-state index contributed by atoms with van der Waals surface area (Å²) in [5.74, 6) is 2.65. The number of carbonyl (C=O) groups is 1. The van der Waals surface area contributed by atoms with E-state index in [1.165, 1.54) is 0 Å². The number of rotatable bonds is 11. The molecule has 0 unspecified atom stereocenters. The first-order valence-corrected chi connectivity index (χ1v) is 9.92. The minimum atomic E-state index is -0.103. The number of ether oxygens (including phenoxy) is 2. The van der Waals surface area contributed by atoms with Crippen LogP contribution in [0.5, 0.6) is 11.5 Å². The molecule has 0 atom stereocenters. The quantitative estimate of drug-likeness (QED) is 0.559. The largest absolute Gasteiger partial charge is 0.494 e. The van der Waals surface area contributed by atoms with Crippen LogP contribution in [-0.2, 0) is 4.79 Å². The van der Waals surface area contributed by atoms with Crippen LogP contribution in [0.4, 0.5) is 11.4 Å². The molecule has 0 spiro atoms. The summed E-state index contributed by atoms with van der Waals surface area (Å²) in [6, 6.07) is 15.1. The Hall–Kier alpha value is -2.69. The van der Waals surface area contributed by atoms with Gasteiger partial charge in [0, 0.05) is 11.4 Å². The van der Waals surface area contributed by atoms with Crippen LogP contribution in [-0.4, -0.2) is 25.7 Å². The van der Waals surface area contributed by atoms with Gasteiger partial charge >= 0.3 is 0 Å². The molecule has 2 aromatic rings. The molecule has 0 aliphatic carbocycles. The highest BCUT2D eigenvalue weighted by Crippen LogP contribution is 2.18. The fourth-order valence-electron chi connectivity index (χ4n) is 2.37. The van der Waals surface area contributed by atoms with Crippen molar-refractivity contribution in [3.05, 3.63) is 48.5 Å². The van der Waals surface area contributed by atoms with Crippen molar-refractivity contribution in [2.24, 2.45) is 11.8 Å². The Morgan fingerprint density at radius 1 is 0.821 bits per heavy atom. The number of benzene rings is 2. The Bertz CT molecular complexity index is 710. The molecule has 0 saturated heterocycles. The number of carbonyl (C=O) groups excluding carboxylic acids is 1. The first kappa shape index (κ1) is 21.6. The van der Waals surface area contributed by atoms with Crippen LogP contribution < -0.4 is 20.1 Å². The van der Waals surface area contributed by atoms with Crippen molar-refractivity contribution in [3.63, 3.8) is 0 Å².